The average Bonchev–Trinajstić information content (AvgIpc) is 2.58. The summed E-state index contributed by atoms with van der Waals surface area (Å²) >= 11 is 1.21. The van der Waals surface area contributed by atoms with E-state index in [9.17, 15) is 9.00 Å². The second-order valence-corrected chi connectivity index (χ2v) is 6.01. The molecule has 2 rings (SSSR count). The number of carbonyl (C=O) groups is 1. The molecule has 0 spiro atoms. The quantitative estimate of drug-likeness (QED) is 0.751. The number of thiophene rings is 1. The van der Waals surface area contributed by atoms with E-state index in [1.165, 1.54) is 11.3 Å². The first-order valence-electron chi connectivity index (χ1n) is 4.57. The molecule has 1 aromatic heterocycles. The summed E-state index contributed by atoms with van der Waals surface area (Å²) in [5.74, 6) is 0.0409. The molecule has 1 aliphatic carbocycles. The number of fused-ring (bicyclic) bond motifs is 1. The number of ketones is 1. The summed E-state index contributed by atoms with van der Waals surface area (Å²) < 4.78 is 12.0. The largest absolute Gasteiger partial charge is 0.294 e. The van der Waals surface area contributed by atoms with Crippen LogP contribution in [0.2, 0.25) is 0 Å². The van der Waals surface area contributed by atoms with E-state index in [0.29, 0.717) is 21.1 Å². The zero-order chi connectivity index (χ0) is 11.0. The highest BCUT2D eigenvalue weighted by Crippen LogP contribution is 2.35. The van der Waals surface area contributed by atoms with Crippen LogP contribution in [-0.2, 0) is 17.2 Å². The maximum absolute atomic E-state index is 11.7. The number of hydrogen-bond donors (Lipinski definition) is 0. The first-order chi connectivity index (χ1) is 7.15. The number of nitriles is 1. The summed E-state index contributed by atoms with van der Waals surface area (Å²) in [7, 11) is -1.17. The van der Waals surface area contributed by atoms with E-state index < -0.39 is 10.8 Å². The van der Waals surface area contributed by atoms with Gasteiger partial charge < -0.3 is 0 Å². The first kappa shape index (κ1) is 10.5. The van der Waals surface area contributed by atoms with E-state index in [1.807, 2.05) is 0 Å². The van der Waals surface area contributed by atoms with Crippen molar-refractivity contribution in [2.75, 3.05) is 6.26 Å². The SMILES string of the molecule is C[S@](=O)c1sc(C#N)c2c1C(=O)CCC2. The van der Waals surface area contributed by atoms with Crippen molar-refractivity contribution >= 4 is 27.9 Å². The van der Waals surface area contributed by atoms with Crippen LogP contribution in [0.15, 0.2) is 4.21 Å². The molecule has 3 nitrogen and oxygen atoms in total. The Morgan fingerprint density at radius 3 is 2.80 bits per heavy atom. The van der Waals surface area contributed by atoms with Crippen molar-refractivity contribution in [3.63, 3.8) is 0 Å². The van der Waals surface area contributed by atoms with Gasteiger partial charge in [-0.05, 0) is 18.4 Å². The number of rotatable bonds is 1. The average molecular weight is 239 g/mol. The summed E-state index contributed by atoms with van der Waals surface area (Å²) in [6, 6.07) is 2.08. The molecule has 5 heteroatoms. The van der Waals surface area contributed by atoms with Gasteiger partial charge in [-0.1, -0.05) is 0 Å². The van der Waals surface area contributed by atoms with Crippen LogP contribution in [0.25, 0.3) is 0 Å². The fourth-order valence-corrected chi connectivity index (χ4v) is 3.95. The van der Waals surface area contributed by atoms with Crippen molar-refractivity contribution in [3.8, 4) is 6.07 Å². The van der Waals surface area contributed by atoms with Crippen molar-refractivity contribution in [1.29, 1.82) is 5.26 Å². The predicted molar refractivity (Wildman–Crippen MR) is 58.6 cm³/mol. The Kier molecular flexibility index (Phi) is 2.72. The molecule has 0 bridgehead atoms. The monoisotopic (exact) mass is 239 g/mol. The van der Waals surface area contributed by atoms with Gasteiger partial charge >= 0.3 is 0 Å². The van der Waals surface area contributed by atoms with E-state index in [4.69, 9.17) is 5.26 Å². The van der Waals surface area contributed by atoms with Crippen molar-refractivity contribution < 1.29 is 9.00 Å². The van der Waals surface area contributed by atoms with E-state index in [-0.39, 0.29) is 5.78 Å². The zero-order valence-electron chi connectivity index (χ0n) is 8.20. The van der Waals surface area contributed by atoms with E-state index in [2.05, 4.69) is 6.07 Å². The number of carbonyl (C=O) groups excluding carboxylic acids is 1. The lowest BCUT2D eigenvalue weighted by atomic mass is 9.93. The standard InChI is InChI=1S/C10H9NO2S2/c1-15(13)10-9-6(8(5-11)14-10)3-2-4-7(9)12/h2-4H2,1H3/t15-/m0/s1. The fourth-order valence-electron chi connectivity index (χ4n) is 1.81. The second-order valence-electron chi connectivity index (χ2n) is 3.41. The molecule has 0 unspecified atom stereocenters. The third kappa shape index (κ3) is 1.64. The van der Waals surface area contributed by atoms with Gasteiger partial charge in [0.25, 0.3) is 0 Å². The predicted octanol–water partition coefficient (Wildman–Crippen LogP) is 1.88. The van der Waals surface area contributed by atoms with E-state index >= 15 is 0 Å². The van der Waals surface area contributed by atoms with Crippen LogP contribution in [0, 0.1) is 11.3 Å². The Labute approximate surface area is 94.2 Å². The van der Waals surface area contributed by atoms with Gasteiger partial charge in [0.15, 0.2) is 5.78 Å². The highest BCUT2D eigenvalue weighted by Gasteiger charge is 2.27. The lowest BCUT2D eigenvalue weighted by molar-refractivity contribution is 0.0970. The molecule has 0 fully saturated rings. The minimum absolute atomic E-state index is 0.0409. The van der Waals surface area contributed by atoms with E-state index in [1.54, 1.807) is 6.26 Å². The molecule has 0 saturated heterocycles. The lowest BCUT2D eigenvalue weighted by Gasteiger charge is -2.10. The highest BCUT2D eigenvalue weighted by molar-refractivity contribution is 7.86. The molecule has 1 aliphatic rings. The second kappa shape index (κ2) is 3.87. The minimum Gasteiger partial charge on any atom is -0.294 e. The van der Waals surface area contributed by atoms with Gasteiger partial charge in [0, 0.05) is 18.2 Å². The van der Waals surface area contributed by atoms with Crippen LogP contribution in [0.4, 0.5) is 0 Å². The summed E-state index contributed by atoms with van der Waals surface area (Å²) in [6.45, 7) is 0. The van der Waals surface area contributed by atoms with Crippen LogP contribution in [0.3, 0.4) is 0 Å². The molecule has 0 radical (unpaired) electrons. The summed E-state index contributed by atoms with van der Waals surface area (Å²) in [5, 5.41) is 8.93. The molecule has 0 aliphatic heterocycles. The summed E-state index contributed by atoms with van der Waals surface area (Å²) in [6.07, 6.45) is 3.62. The van der Waals surface area contributed by atoms with Crippen molar-refractivity contribution in [2.45, 2.75) is 23.5 Å². The molecular formula is C10H9NO2S2. The minimum atomic E-state index is -1.17. The van der Waals surface area contributed by atoms with Crippen LogP contribution < -0.4 is 0 Å². The first-order valence-corrected chi connectivity index (χ1v) is 6.95. The number of nitrogens with zero attached hydrogens (tertiary/aromatic N) is 1. The molecule has 15 heavy (non-hydrogen) atoms. The van der Waals surface area contributed by atoms with Gasteiger partial charge in [-0.25, -0.2) is 0 Å². The van der Waals surface area contributed by atoms with Gasteiger partial charge in [0.1, 0.15) is 15.2 Å². The van der Waals surface area contributed by atoms with Crippen LogP contribution in [-0.4, -0.2) is 16.2 Å². The molecular weight excluding hydrogens is 230 g/mol. The molecule has 0 amide bonds. The van der Waals surface area contributed by atoms with Crippen molar-refractivity contribution in [2.24, 2.45) is 0 Å². The van der Waals surface area contributed by atoms with Crippen LogP contribution in [0.1, 0.15) is 33.6 Å². The Balaban J connectivity index is 2.70. The van der Waals surface area contributed by atoms with E-state index in [0.717, 1.165) is 18.4 Å². The van der Waals surface area contributed by atoms with Crippen LogP contribution in [0.5, 0.6) is 0 Å². The van der Waals surface area contributed by atoms with Gasteiger partial charge in [0.05, 0.1) is 10.8 Å². The topological polar surface area (TPSA) is 57.9 Å². The maximum Gasteiger partial charge on any atom is 0.165 e. The smallest absolute Gasteiger partial charge is 0.165 e. The molecule has 1 heterocycles. The lowest BCUT2D eigenvalue weighted by Crippen LogP contribution is -2.11. The normalized spacial score (nSPS) is 16.9. The Hall–Kier alpha value is -0.990. The maximum atomic E-state index is 11.7. The third-order valence-electron chi connectivity index (χ3n) is 2.45. The molecule has 1 atom stereocenters. The molecule has 0 aromatic carbocycles. The van der Waals surface area contributed by atoms with Gasteiger partial charge in [-0.15, -0.1) is 11.3 Å². The molecule has 0 saturated carbocycles. The Morgan fingerprint density at radius 2 is 2.20 bits per heavy atom. The fraction of sp³-hybridized carbons (Fsp3) is 0.400. The summed E-state index contributed by atoms with van der Waals surface area (Å²) in [5.41, 5.74) is 1.40. The third-order valence-corrected chi connectivity index (χ3v) is 5.06. The van der Waals surface area contributed by atoms with Gasteiger partial charge in [-0.2, -0.15) is 5.26 Å². The number of hydrogen-bond acceptors (Lipinski definition) is 4. The zero-order valence-corrected chi connectivity index (χ0v) is 9.83. The Morgan fingerprint density at radius 1 is 1.47 bits per heavy atom. The summed E-state index contributed by atoms with van der Waals surface area (Å²) in [4.78, 5) is 12.3. The highest BCUT2D eigenvalue weighted by atomic mass is 32.2. The Bertz CT molecular complexity index is 496. The molecule has 1 aromatic rings. The number of Topliss-reactive ketones (excluding diaryl/α,β-unsaturated/α-hetero) is 1. The van der Waals surface area contributed by atoms with Gasteiger partial charge in [-0.3, -0.25) is 9.00 Å². The molecule has 78 valence electrons. The van der Waals surface area contributed by atoms with Crippen molar-refractivity contribution in [1.82, 2.24) is 0 Å². The van der Waals surface area contributed by atoms with Crippen molar-refractivity contribution in [3.05, 3.63) is 16.0 Å². The molecule has 0 N–H and O–H groups in total. The van der Waals surface area contributed by atoms with Gasteiger partial charge in [0.2, 0.25) is 0 Å². The van der Waals surface area contributed by atoms with Crippen LogP contribution >= 0.6 is 11.3 Å².